The third-order valence-corrected chi connectivity index (χ3v) is 7.32. The molecule has 0 radical (unpaired) electrons. The Kier molecular flexibility index (Phi) is 7.61. The van der Waals surface area contributed by atoms with E-state index in [1.165, 1.54) is 24.3 Å². The summed E-state index contributed by atoms with van der Waals surface area (Å²) in [5.41, 5.74) is -2.20. The van der Waals surface area contributed by atoms with Gasteiger partial charge in [-0.05, 0) is 37.1 Å². The first kappa shape index (κ1) is 26.4. The molecule has 0 saturated heterocycles. The number of ether oxygens (including phenoxy) is 2. The van der Waals surface area contributed by atoms with Crippen molar-refractivity contribution in [2.45, 2.75) is 49.0 Å². The van der Waals surface area contributed by atoms with Gasteiger partial charge in [0, 0.05) is 25.0 Å². The van der Waals surface area contributed by atoms with E-state index in [9.17, 15) is 28.6 Å². The number of aliphatic hydroxyl groups is 2. The number of carbonyl (C=O) groups excluding carboxylic acids is 2. The fraction of sp³-hybridized carbons (Fsp3) is 0.417. The molecule has 4 N–H and O–H groups in total. The average Bonchev–Trinajstić information content (AvgIpc) is 2.82. The molecule has 3 aliphatic rings. The Morgan fingerprint density at radius 1 is 0.833 bits per heavy atom. The summed E-state index contributed by atoms with van der Waals surface area (Å²) in [5.74, 6) is -2.26. The third-order valence-electron chi connectivity index (χ3n) is 6.71. The van der Waals surface area contributed by atoms with Crippen LogP contribution in [0.2, 0.25) is 10.0 Å². The van der Waals surface area contributed by atoms with Gasteiger partial charge in [-0.2, -0.15) is 0 Å². The second kappa shape index (κ2) is 10.4. The maximum atomic E-state index is 13.6. The fourth-order valence-electron chi connectivity index (χ4n) is 4.79. The van der Waals surface area contributed by atoms with Crippen molar-refractivity contribution in [3.63, 3.8) is 0 Å². The summed E-state index contributed by atoms with van der Waals surface area (Å²) in [4.78, 5) is 25.0. The van der Waals surface area contributed by atoms with Gasteiger partial charge in [0.05, 0.1) is 33.3 Å². The minimum atomic E-state index is -1.10. The van der Waals surface area contributed by atoms with Crippen LogP contribution in [-0.4, -0.2) is 58.5 Å². The van der Waals surface area contributed by atoms with Crippen molar-refractivity contribution < 1.29 is 38.1 Å². The van der Waals surface area contributed by atoms with Crippen molar-refractivity contribution >= 4 is 35.0 Å². The number of aliphatic hydroxyl groups excluding tert-OH is 2. The van der Waals surface area contributed by atoms with Gasteiger partial charge in [-0.15, -0.1) is 0 Å². The quantitative estimate of drug-likeness (QED) is 0.406. The first-order chi connectivity index (χ1) is 17.0. The molecular weight excluding hydrogens is 521 g/mol. The Hall–Kier alpha value is -2.66. The van der Waals surface area contributed by atoms with E-state index < -0.39 is 59.9 Å². The second-order valence-corrected chi connectivity index (χ2v) is 9.89. The molecule has 2 unspecified atom stereocenters. The molecule has 0 aliphatic heterocycles. The maximum absolute atomic E-state index is 13.6. The van der Waals surface area contributed by atoms with Gasteiger partial charge in [0.1, 0.15) is 23.1 Å². The van der Waals surface area contributed by atoms with Crippen molar-refractivity contribution in [2.24, 2.45) is 0 Å². The van der Waals surface area contributed by atoms with Crippen LogP contribution in [0.5, 0.6) is 11.5 Å². The molecule has 36 heavy (non-hydrogen) atoms. The minimum Gasteiger partial charge on any atom is -0.484 e. The summed E-state index contributed by atoms with van der Waals surface area (Å²) in [6.45, 7) is -0.869. The lowest BCUT2D eigenvalue weighted by Crippen LogP contribution is -2.75. The average molecular weight is 545 g/mol. The molecule has 4 atom stereocenters. The molecule has 194 valence electrons. The number of halogens is 4. The van der Waals surface area contributed by atoms with Gasteiger partial charge in [-0.3, -0.25) is 9.59 Å². The zero-order chi connectivity index (χ0) is 26.1. The summed E-state index contributed by atoms with van der Waals surface area (Å²) in [5, 5.41) is 27.0. The molecule has 3 saturated carbocycles. The number of benzene rings is 2. The molecule has 2 aromatic carbocycles. The summed E-state index contributed by atoms with van der Waals surface area (Å²) < 4.78 is 37.7. The molecular formula is C24H24Cl2F2N2O6. The largest absolute Gasteiger partial charge is 0.484 e. The van der Waals surface area contributed by atoms with E-state index in [4.69, 9.17) is 32.7 Å². The Morgan fingerprint density at radius 3 is 1.56 bits per heavy atom. The molecule has 3 fully saturated rings. The Bertz CT molecular complexity index is 1080. The van der Waals surface area contributed by atoms with E-state index in [-0.39, 0.29) is 47.2 Å². The normalized spacial score (nSPS) is 26.8. The molecule has 0 aromatic heterocycles. The first-order valence-electron chi connectivity index (χ1n) is 11.2. The van der Waals surface area contributed by atoms with Crippen LogP contribution in [0.25, 0.3) is 0 Å². The Labute approximate surface area is 215 Å². The smallest absolute Gasteiger partial charge is 0.258 e. The Balaban J connectivity index is 1.32. The number of hydrogen-bond donors (Lipinski definition) is 4. The van der Waals surface area contributed by atoms with Gasteiger partial charge in [0.25, 0.3) is 11.8 Å². The topological polar surface area (TPSA) is 117 Å². The van der Waals surface area contributed by atoms with Crippen molar-refractivity contribution in [2.75, 3.05) is 13.2 Å². The van der Waals surface area contributed by atoms with Crippen LogP contribution in [-0.2, 0) is 9.59 Å². The zero-order valence-corrected chi connectivity index (χ0v) is 20.4. The van der Waals surface area contributed by atoms with Gasteiger partial charge >= 0.3 is 0 Å². The van der Waals surface area contributed by atoms with Crippen LogP contribution in [0.15, 0.2) is 36.4 Å². The van der Waals surface area contributed by atoms with Gasteiger partial charge < -0.3 is 30.3 Å². The molecule has 0 heterocycles. The summed E-state index contributed by atoms with van der Waals surface area (Å²) >= 11 is 11.3. The lowest BCUT2D eigenvalue weighted by atomic mass is 9.58. The fourth-order valence-corrected chi connectivity index (χ4v) is 5.02. The maximum Gasteiger partial charge on any atom is 0.258 e. The zero-order valence-electron chi connectivity index (χ0n) is 18.9. The van der Waals surface area contributed by atoms with Crippen molar-refractivity contribution in [1.29, 1.82) is 0 Å². The SMILES string of the molecule is O=C(COc1ccc(Cl)c(F)c1)NC12CCC(NC(=O)COc3ccc(Cl)c(F)c3)(C[C@H]1O)[C@@H](O)C2. The van der Waals surface area contributed by atoms with Crippen LogP contribution in [0.3, 0.4) is 0 Å². The van der Waals surface area contributed by atoms with E-state index >= 15 is 0 Å². The van der Waals surface area contributed by atoms with E-state index in [1.54, 1.807) is 0 Å². The molecule has 3 aliphatic carbocycles. The Morgan fingerprint density at radius 2 is 1.22 bits per heavy atom. The van der Waals surface area contributed by atoms with Crippen molar-refractivity contribution in [3.8, 4) is 11.5 Å². The summed E-state index contributed by atoms with van der Waals surface area (Å²) in [6, 6.07) is 7.55. The molecule has 2 amide bonds. The van der Waals surface area contributed by atoms with Gasteiger partial charge in [0.2, 0.25) is 0 Å². The number of rotatable bonds is 8. The summed E-state index contributed by atoms with van der Waals surface area (Å²) in [7, 11) is 0. The lowest BCUT2D eigenvalue weighted by molar-refractivity contribution is -0.152. The molecule has 2 aromatic rings. The highest BCUT2D eigenvalue weighted by atomic mass is 35.5. The number of nitrogens with one attached hydrogen (secondary N) is 2. The van der Waals surface area contributed by atoms with Gasteiger partial charge in [-0.25, -0.2) is 8.78 Å². The van der Waals surface area contributed by atoms with Crippen LogP contribution in [0.1, 0.15) is 25.7 Å². The third kappa shape index (κ3) is 5.51. The monoisotopic (exact) mass is 544 g/mol. The standard InChI is InChI=1S/C24H24Cl2F2N2O6/c25-15-3-1-13(7-17(15)27)35-11-21(33)29-23-5-6-24(10-19(23)31,20(32)9-23)30-22(34)12-36-14-2-4-16(26)18(28)8-14/h1-4,7-8,19-20,31-32H,5-6,9-12H2,(H,29,33)(H,30,34)/t19-,20+,23?,24?. The lowest BCUT2D eigenvalue weighted by Gasteiger charge is -2.58. The molecule has 0 spiro atoms. The van der Waals surface area contributed by atoms with Crippen LogP contribution in [0, 0.1) is 11.6 Å². The minimum absolute atomic E-state index is 0.000980. The summed E-state index contributed by atoms with van der Waals surface area (Å²) in [6.07, 6.45) is -1.54. The highest BCUT2D eigenvalue weighted by Gasteiger charge is 2.60. The highest BCUT2D eigenvalue weighted by molar-refractivity contribution is 6.31. The number of fused-ring (bicyclic) bond motifs is 3. The second-order valence-electron chi connectivity index (χ2n) is 9.08. The van der Waals surface area contributed by atoms with Gasteiger partial charge in [0.15, 0.2) is 13.2 Å². The molecule has 8 nitrogen and oxygen atoms in total. The predicted molar refractivity (Wildman–Crippen MR) is 126 cm³/mol. The van der Waals surface area contributed by atoms with E-state index in [0.717, 1.165) is 12.1 Å². The number of carbonyl (C=O) groups is 2. The van der Waals surface area contributed by atoms with Crippen LogP contribution >= 0.6 is 23.2 Å². The van der Waals surface area contributed by atoms with Crippen molar-refractivity contribution in [3.05, 3.63) is 58.1 Å². The highest BCUT2D eigenvalue weighted by Crippen LogP contribution is 2.47. The first-order valence-corrected chi connectivity index (χ1v) is 11.9. The molecule has 2 bridgehead atoms. The van der Waals surface area contributed by atoms with Gasteiger partial charge in [-0.1, -0.05) is 23.2 Å². The predicted octanol–water partition coefficient (Wildman–Crippen LogP) is 2.75. The molecule has 12 heteroatoms. The van der Waals surface area contributed by atoms with Crippen LogP contribution < -0.4 is 20.1 Å². The number of hydrogen-bond acceptors (Lipinski definition) is 6. The number of amides is 2. The van der Waals surface area contributed by atoms with E-state index in [2.05, 4.69) is 10.6 Å². The van der Waals surface area contributed by atoms with Crippen LogP contribution in [0.4, 0.5) is 8.78 Å². The van der Waals surface area contributed by atoms with E-state index in [1.807, 2.05) is 0 Å². The molecule has 5 rings (SSSR count). The van der Waals surface area contributed by atoms with E-state index in [0.29, 0.717) is 0 Å². The van der Waals surface area contributed by atoms with Crippen molar-refractivity contribution in [1.82, 2.24) is 10.6 Å².